The molecule has 0 fully saturated rings. The van der Waals surface area contributed by atoms with Gasteiger partial charge in [0.15, 0.2) is 0 Å². The summed E-state index contributed by atoms with van der Waals surface area (Å²) in [7, 11) is 0. The first kappa shape index (κ1) is 13.7. The van der Waals surface area contributed by atoms with Gasteiger partial charge < -0.3 is 5.32 Å². The summed E-state index contributed by atoms with van der Waals surface area (Å²) in [5, 5.41) is 2.98. The number of halogens is 1. The van der Waals surface area contributed by atoms with E-state index in [1.807, 2.05) is 38.1 Å². The van der Waals surface area contributed by atoms with Crippen molar-refractivity contribution in [1.29, 1.82) is 0 Å². The van der Waals surface area contributed by atoms with E-state index in [-0.39, 0.29) is 11.9 Å². The normalized spacial score (nSPS) is 11.9. The molecule has 0 aliphatic carbocycles. The van der Waals surface area contributed by atoms with Gasteiger partial charge in [-0.15, -0.1) is 0 Å². The highest BCUT2D eigenvalue weighted by molar-refractivity contribution is 9.10. The van der Waals surface area contributed by atoms with Crippen LogP contribution in [0, 0.1) is 6.92 Å². The minimum atomic E-state index is -0.0825. The average Bonchev–Trinajstić information content (AvgIpc) is 2.39. The summed E-state index contributed by atoms with van der Waals surface area (Å²) in [6.45, 7) is 3.84. The van der Waals surface area contributed by atoms with E-state index in [1.165, 1.54) is 0 Å². The summed E-state index contributed by atoms with van der Waals surface area (Å²) in [4.78, 5) is 16.2. The van der Waals surface area contributed by atoms with Crippen LogP contribution in [-0.4, -0.2) is 10.9 Å². The highest BCUT2D eigenvalue weighted by Gasteiger charge is 2.11. The molecule has 1 unspecified atom stereocenters. The third kappa shape index (κ3) is 3.64. The summed E-state index contributed by atoms with van der Waals surface area (Å²) < 4.78 is 1.03. The Morgan fingerprint density at radius 1 is 1.26 bits per heavy atom. The number of pyridine rings is 1. The third-order valence-corrected chi connectivity index (χ3v) is 3.41. The minimum Gasteiger partial charge on any atom is -0.346 e. The van der Waals surface area contributed by atoms with Crippen LogP contribution in [0.15, 0.2) is 47.1 Å². The highest BCUT2D eigenvalue weighted by atomic mass is 79.9. The molecule has 1 aromatic carbocycles. The van der Waals surface area contributed by atoms with E-state index in [2.05, 4.69) is 26.2 Å². The fourth-order valence-corrected chi connectivity index (χ4v) is 2.07. The Hall–Kier alpha value is -1.68. The fraction of sp³-hybridized carbons (Fsp3) is 0.200. The van der Waals surface area contributed by atoms with Gasteiger partial charge in [-0.3, -0.25) is 9.78 Å². The van der Waals surface area contributed by atoms with Gasteiger partial charge in [-0.2, -0.15) is 0 Å². The van der Waals surface area contributed by atoms with Gasteiger partial charge >= 0.3 is 0 Å². The lowest BCUT2D eigenvalue weighted by molar-refractivity contribution is 0.0939. The number of carbonyl (C=O) groups excluding carboxylic acids is 1. The summed E-state index contributed by atoms with van der Waals surface area (Å²) in [6, 6.07) is 11.4. The maximum Gasteiger partial charge on any atom is 0.251 e. The molecule has 1 aromatic heterocycles. The van der Waals surface area contributed by atoms with Crippen molar-refractivity contribution in [2.75, 3.05) is 0 Å². The molecule has 98 valence electrons. The second kappa shape index (κ2) is 5.97. The van der Waals surface area contributed by atoms with Gasteiger partial charge in [0.1, 0.15) is 0 Å². The molecule has 0 aliphatic rings. The van der Waals surface area contributed by atoms with Crippen molar-refractivity contribution in [3.05, 3.63) is 63.9 Å². The molecule has 1 N–H and O–H groups in total. The quantitative estimate of drug-likeness (QED) is 0.938. The maximum absolute atomic E-state index is 12.1. The van der Waals surface area contributed by atoms with Gasteiger partial charge in [-0.05, 0) is 43.7 Å². The van der Waals surface area contributed by atoms with E-state index in [0.29, 0.717) is 5.56 Å². The number of aryl methyl sites for hydroxylation is 1. The Balaban J connectivity index is 2.08. The van der Waals surface area contributed by atoms with E-state index in [0.717, 1.165) is 15.7 Å². The Labute approximate surface area is 121 Å². The van der Waals surface area contributed by atoms with Crippen LogP contribution in [0.5, 0.6) is 0 Å². The number of benzene rings is 1. The monoisotopic (exact) mass is 318 g/mol. The molecule has 1 atom stereocenters. The molecule has 0 bridgehead atoms. The van der Waals surface area contributed by atoms with Crippen molar-refractivity contribution in [3.8, 4) is 0 Å². The molecule has 0 saturated carbocycles. The van der Waals surface area contributed by atoms with Crippen molar-refractivity contribution in [3.63, 3.8) is 0 Å². The molecule has 19 heavy (non-hydrogen) atoms. The lowest BCUT2D eigenvalue weighted by Crippen LogP contribution is -2.26. The summed E-state index contributed by atoms with van der Waals surface area (Å²) in [6.07, 6.45) is 1.65. The number of hydrogen-bond donors (Lipinski definition) is 1. The number of amides is 1. The number of nitrogens with one attached hydrogen (secondary N) is 1. The molecule has 0 saturated heterocycles. The molecule has 0 spiro atoms. The number of rotatable bonds is 3. The summed E-state index contributed by atoms with van der Waals surface area (Å²) in [5.41, 5.74) is 2.54. The summed E-state index contributed by atoms with van der Waals surface area (Å²) in [5.74, 6) is -0.0825. The second-order valence-corrected chi connectivity index (χ2v) is 5.35. The Kier molecular flexibility index (Phi) is 4.32. The molecule has 0 radical (unpaired) electrons. The van der Waals surface area contributed by atoms with Gasteiger partial charge in [0.05, 0.1) is 6.04 Å². The van der Waals surface area contributed by atoms with Crippen LogP contribution in [0.1, 0.15) is 34.6 Å². The minimum absolute atomic E-state index is 0.0333. The summed E-state index contributed by atoms with van der Waals surface area (Å²) >= 11 is 3.40. The molecule has 2 rings (SSSR count). The maximum atomic E-state index is 12.1. The molecule has 3 nitrogen and oxygen atoms in total. The van der Waals surface area contributed by atoms with Gasteiger partial charge in [0.2, 0.25) is 0 Å². The number of nitrogens with zero attached hydrogens (tertiary/aromatic N) is 1. The standard InChI is InChI=1S/C15H15BrN2O/c1-10-9-13(7-8-17-10)15(19)18-11(2)12-3-5-14(16)6-4-12/h3-9,11H,1-2H3,(H,18,19). The van der Waals surface area contributed by atoms with Crippen molar-refractivity contribution >= 4 is 21.8 Å². The van der Waals surface area contributed by atoms with Gasteiger partial charge in [-0.25, -0.2) is 0 Å². The molecular weight excluding hydrogens is 304 g/mol. The van der Waals surface area contributed by atoms with E-state index in [1.54, 1.807) is 18.3 Å². The van der Waals surface area contributed by atoms with Crippen molar-refractivity contribution in [2.45, 2.75) is 19.9 Å². The predicted octanol–water partition coefficient (Wildman–Crippen LogP) is 3.64. The zero-order valence-corrected chi connectivity index (χ0v) is 12.4. The SMILES string of the molecule is Cc1cc(C(=O)NC(C)c2ccc(Br)cc2)ccn1. The molecule has 1 amide bonds. The Morgan fingerprint density at radius 2 is 1.95 bits per heavy atom. The molecule has 0 aliphatic heterocycles. The van der Waals surface area contributed by atoms with Crippen LogP contribution in [0.3, 0.4) is 0 Å². The number of carbonyl (C=O) groups is 1. The molecular formula is C15H15BrN2O. The Morgan fingerprint density at radius 3 is 2.58 bits per heavy atom. The van der Waals surface area contributed by atoms with E-state index in [4.69, 9.17) is 0 Å². The number of aromatic nitrogens is 1. The fourth-order valence-electron chi connectivity index (χ4n) is 1.80. The van der Waals surface area contributed by atoms with Crippen LogP contribution in [0.25, 0.3) is 0 Å². The first-order valence-electron chi connectivity index (χ1n) is 6.05. The first-order chi connectivity index (χ1) is 9.06. The molecule has 2 aromatic rings. The average molecular weight is 319 g/mol. The van der Waals surface area contributed by atoms with Crippen LogP contribution in [0.4, 0.5) is 0 Å². The van der Waals surface area contributed by atoms with Crippen LogP contribution in [-0.2, 0) is 0 Å². The topological polar surface area (TPSA) is 42.0 Å². The third-order valence-electron chi connectivity index (χ3n) is 2.88. The van der Waals surface area contributed by atoms with Gasteiger partial charge in [0.25, 0.3) is 5.91 Å². The van der Waals surface area contributed by atoms with Crippen molar-refractivity contribution < 1.29 is 4.79 Å². The first-order valence-corrected chi connectivity index (χ1v) is 6.84. The lowest BCUT2D eigenvalue weighted by atomic mass is 10.1. The van der Waals surface area contributed by atoms with Gasteiger partial charge in [-0.1, -0.05) is 28.1 Å². The molecule has 4 heteroatoms. The molecule has 1 heterocycles. The largest absolute Gasteiger partial charge is 0.346 e. The van der Waals surface area contributed by atoms with Crippen LogP contribution >= 0.6 is 15.9 Å². The second-order valence-electron chi connectivity index (χ2n) is 4.43. The smallest absolute Gasteiger partial charge is 0.251 e. The van der Waals surface area contributed by atoms with Crippen molar-refractivity contribution in [2.24, 2.45) is 0 Å². The van der Waals surface area contributed by atoms with E-state index < -0.39 is 0 Å². The highest BCUT2D eigenvalue weighted by Crippen LogP contribution is 2.17. The Bertz CT molecular complexity index is 581. The van der Waals surface area contributed by atoms with Crippen LogP contribution in [0.2, 0.25) is 0 Å². The van der Waals surface area contributed by atoms with E-state index >= 15 is 0 Å². The zero-order chi connectivity index (χ0) is 13.8. The van der Waals surface area contributed by atoms with E-state index in [9.17, 15) is 4.79 Å². The number of hydrogen-bond acceptors (Lipinski definition) is 2. The lowest BCUT2D eigenvalue weighted by Gasteiger charge is -2.14. The van der Waals surface area contributed by atoms with Crippen molar-refractivity contribution in [1.82, 2.24) is 10.3 Å². The predicted molar refractivity (Wildman–Crippen MR) is 79.0 cm³/mol. The zero-order valence-electron chi connectivity index (χ0n) is 10.9. The van der Waals surface area contributed by atoms with Crippen LogP contribution < -0.4 is 5.32 Å². The van der Waals surface area contributed by atoms with Gasteiger partial charge in [0, 0.05) is 21.9 Å².